The summed E-state index contributed by atoms with van der Waals surface area (Å²) in [4.78, 5) is 4.20. The van der Waals surface area contributed by atoms with Crippen LogP contribution in [0.25, 0.3) is 0 Å². The third kappa shape index (κ3) is 2.64. The molecule has 2 aromatic rings. The lowest BCUT2D eigenvalue weighted by atomic mass is 10.1. The molecule has 2 N–H and O–H groups in total. The van der Waals surface area contributed by atoms with E-state index in [-0.39, 0.29) is 0 Å². The first kappa shape index (κ1) is 12.9. The van der Waals surface area contributed by atoms with Crippen LogP contribution in [-0.4, -0.2) is 4.98 Å². The summed E-state index contributed by atoms with van der Waals surface area (Å²) < 4.78 is 6.90. The average Bonchev–Trinajstić information content (AvgIpc) is 2.29. The zero-order valence-electron chi connectivity index (χ0n) is 10.6. The van der Waals surface area contributed by atoms with Gasteiger partial charge in [0.05, 0.1) is 11.9 Å². The lowest BCUT2D eigenvalue weighted by molar-refractivity contribution is 0.458. The number of nitrogens with zero attached hydrogens (tertiary/aromatic N) is 1. The van der Waals surface area contributed by atoms with E-state index in [1.54, 1.807) is 6.20 Å². The molecule has 0 saturated carbocycles. The Balaban J connectivity index is 2.34. The van der Waals surface area contributed by atoms with Gasteiger partial charge in [0, 0.05) is 10.0 Å². The number of pyridine rings is 1. The SMILES string of the molecule is Cc1cc(N)cnc1Oc1cc(C)c(Br)c(C)c1. The number of nitrogens with two attached hydrogens (primary N) is 1. The Morgan fingerprint density at radius 2 is 1.67 bits per heavy atom. The molecule has 2 rings (SSSR count). The fraction of sp³-hybridized carbons (Fsp3) is 0.214. The Bertz CT molecular complexity index is 573. The Hall–Kier alpha value is -1.55. The number of anilines is 1. The number of aromatic nitrogens is 1. The van der Waals surface area contributed by atoms with Crippen molar-refractivity contribution in [3.05, 3.63) is 45.6 Å². The minimum Gasteiger partial charge on any atom is -0.439 e. The highest BCUT2D eigenvalue weighted by Crippen LogP contribution is 2.30. The standard InChI is InChI=1S/C14H15BrN2O/c1-8-5-12(6-9(2)13(8)15)18-14-10(3)4-11(16)7-17-14/h4-7H,16H2,1-3H3. The van der Waals surface area contributed by atoms with Gasteiger partial charge in [0.15, 0.2) is 0 Å². The van der Waals surface area contributed by atoms with Gasteiger partial charge in [-0.25, -0.2) is 4.98 Å². The van der Waals surface area contributed by atoms with Crippen molar-refractivity contribution in [1.82, 2.24) is 4.98 Å². The Morgan fingerprint density at radius 3 is 2.22 bits per heavy atom. The maximum Gasteiger partial charge on any atom is 0.222 e. The molecule has 1 aromatic heterocycles. The monoisotopic (exact) mass is 306 g/mol. The minimum absolute atomic E-state index is 0.588. The quantitative estimate of drug-likeness (QED) is 0.907. The molecule has 0 bridgehead atoms. The molecule has 0 aliphatic rings. The highest BCUT2D eigenvalue weighted by atomic mass is 79.9. The molecule has 18 heavy (non-hydrogen) atoms. The molecular formula is C14H15BrN2O. The normalized spacial score (nSPS) is 10.4. The van der Waals surface area contributed by atoms with Gasteiger partial charge < -0.3 is 10.5 Å². The van der Waals surface area contributed by atoms with Gasteiger partial charge in [-0.15, -0.1) is 0 Å². The number of rotatable bonds is 2. The number of halogens is 1. The summed E-state index contributed by atoms with van der Waals surface area (Å²) in [7, 11) is 0. The smallest absolute Gasteiger partial charge is 0.222 e. The molecule has 0 unspecified atom stereocenters. The summed E-state index contributed by atoms with van der Waals surface area (Å²) in [6.07, 6.45) is 1.60. The van der Waals surface area contributed by atoms with Crippen molar-refractivity contribution in [1.29, 1.82) is 0 Å². The van der Waals surface area contributed by atoms with Gasteiger partial charge in [-0.2, -0.15) is 0 Å². The molecule has 0 aliphatic heterocycles. The van der Waals surface area contributed by atoms with Crippen LogP contribution in [0.4, 0.5) is 5.69 Å². The first-order chi connectivity index (χ1) is 8.47. The molecule has 1 heterocycles. The molecule has 0 amide bonds. The summed E-state index contributed by atoms with van der Waals surface area (Å²) in [5.41, 5.74) is 9.50. The summed E-state index contributed by atoms with van der Waals surface area (Å²) in [5, 5.41) is 0. The second-order valence-corrected chi connectivity index (χ2v) is 5.16. The molecule has 0 aliphatic carbocycles. The van der Waals surface area contributed by atoms with Gasteiger partial charge >= 0.3 is 0 Å². The summed E-state index contributed by atoms with van der Waals surface area (Å²) in [5.74, 6) is 1.37. The van der Waals surface area contributed by atoms with Gasteiger partial charge in [0.2, 0.25) is 5.88 Å². The predicted octanol–water partition coefficient (Wildman–Crippen LogP) is 4.14. The highest BCUT2D eigenvalue weighted by Gasteiger charge is 2.07. The Labute approximate surface area is 115 Å². The van der Waals surface area contributed by atoms with Crippen LogP contribution in [0.5, 0.6) is 11.6 Å². The van der Waals surface area contributed by atoms with Gasteiger partial charge in [-0.3, -0.25) is 0 Å². The molecule has 4 heteroatoms. The van der Waals surface area contributed by atoms with Crippen LogP contribution in [0.3, 0.4) is 0 Å². The van der Waals surface area contributed by atoms with E-state index in [2.05, 4.69) is 20.9 Å². The van der Waals surface area contributed by atoms with Crippen molar-refractivity contribution >= 4 is 21.6 Å². The van der Waals surface area contributed by atoms with E-state index in [9.17, 15) is 0 Å². The fourth-order valence-corrected chi connectivity index (χ4v) is 2.00. The van der Waals surface area contributed by atoms with Crippen molar-refractivity contribution in [3.63, 3.8) is 0 Å². The second kappa shape index (κ2) is 4.98. The van der Waals surface area contributed by atoms with E-state index in [0.29, 0.717) is 11.6 Å². The van der Waals surface area contributed by atoms with Crippen LogP contribution in [0.2, 0.25) is 0 Å². The van der Waals surface area contributed by atoms with Crippen LogP contribution in [0, 0.1) is 20.8 Å². The largest absolute Gasteiger partial charge is 0.439 e. The number of ether oxygens (including phenoxy) is 1. The molecule has 0 spiro atoms. The average molecular weight is 307 g/mol. The molecule has 0 saturated heterocycles. The zero-order valence-corrected chi connectivity index (χ0v) is 12.2. The van der Waals surface area contributed by atoms with Crippen molar-refractivity contribution in [2.75, 3.05) is 5.73 Å². The van der Waals surface area contributed by atoms with Crippen molar-refractivity contribution < 1.29 is 4.74 Å². The Morgan fingerprint density at radius 1 is 1.06 bits per heavy atom. The van der Waals surface area contributed by atoms with E-state index in [4.69, 9.17) is 10.5 Å². The first-order valence-electron chi connectivity index (χ1n) is 5.64. The van der Waals surface area contributed by atoms with Crippen LogP contribution in [0.15, 0.2) is 28.9 Å². The first-order valence-corrected chi connectivity index (χ1v) is 6.43. The van der Waals surface area contributed by atoms with Crippen LogP contribution in [0.1, 0.15) is 16.7 Å². The van der Waals surface area contributed by atoms with Crippen molar-refractivity contribution in [2.24, 2.45) is 0 Å². The predicted molar refractivity (Wildman–Crippen MR) is 77.1 cm³/mol. The molecule has 0 atom stereocenters. The van der Waals surface area contributed by atoms with Crippen molar-refractivity contribution in [3.8, 4) is 11.6 Å². The maximum atomic E-state index is 5.79. The third-order valence-corrected chi connectivity index (χ3v) is 3.93. The molecule has 94 valence electrons. The number of hydrogen-bond acceptors (Lipinski definition) is 3. The van der Waals surface area contributed by atoms with Gasteiger partial charge in [0.25, 0.3) is 0 Å². The summed E-state index contributed by atoms with van der Waals surface area (Å²) in [6, 6.07) is 5.81. The Kier molecular flexibility index (Phi) is 3.57. The number of hydrogen-bond donors (Lipinski definition) is 1. The molecule has 3 nitrogen and oxygen atoms in total. The highest BCUT2D eigenvalue weighted by molar-refractivity contribution is 9.10. The van der Waals surface area contributed by atoms with Gasteiger partial charge in [-0.1, -0.05) is 15.9 Å². The van der Waals surface area contributed by atoms with E-state index in [1.165, 1.54) is 0 Å². The topological polar surface area (TPSA) is 48.1 Å². The van der Waals surface area contributed by atoms with Crippen LogP contribution < -0.4 is 10.5 Å². The van der Waals surface area contributed by atoms with E-state index in [1.807, 2.05) is 39.0 Å². The van der Waals surface area contributed by atoms with E-state index >= 15 is 0 Å². The minimum atomic E-state index is 0.588. The number of aryl methyl sites for hydroxylation is 3. The third-order valence-electron chi connectivity index (χ3n) is 2.68. The van der Waals surface area contributed by atoms with Crippen LogP contribution >= 0.6 is 15.9 Å². The molecule has 1 aromatic carbocycles. The van der Waals surface area contributed by atoms with Crippen LogP contribution in [-0.2, 0) is 0 Å². The van der Waals surface area contributed by atoms with Gasteiger partial charge in [0.1, 0.15) is 5.75 Å². The molecular weight excluding hydrogens is 292 g/mol. The zero-order chi connectivity index (χ0) is 13.3. The van der Waals surface area contributed by atoms with E-state index in [0.717, 1.165) is 26.9 Å². The number of benzene rings is 1. The lowest BCUT2D eigenvalue weighted by Crippen LogP contribution is -1.95. The van der Waals surface area contributed by atoms with Gasteiger partial charge in [-0.05, 0) is 50.1 Å². The fourth-order valence-electron chi connectivity index (χ4n) is 1.77. The van der Waals surface area contributed by atoms with Crippen molar-refractivity contribution in [2.45, 2.75) is 20.8 Å². The lowest BCUT2D eigenvalue weighted by Gasteiger charge is -2.11. The van der Waals surface area contributed by atoms with E-state index < -0.39 is 0 Å². The summed E-state index contributed by atoms with van der Waals surface area (Å²) in [6.45, 7) is 6.00. The number of nitrogen functional groups attached to an aromatic ring is 1. The molecule has 0 radical (unpaired) electrons. The second-order valence-electron chi connectivity index (χ2n) is 4.36. The maximum absolute atomic E-state index is 5.79. The molecule has 0 fully saturated rings. The summed E-state index contributed by atoms with van der Waals surface area (Å²) >= 11 is 3.53.